The molecule has 0 heterocycles. The zero-order chi connectivity index (χ0) is 41.6. The number of hydrogen-bond acceptors (Lipinski definition) is 5. The largest absolute Gasteiger partial charge is 0.405 e. The van der Waals surface area contributed by atoms with E-state index in [2.05, 4.69) is 187 Å². The molecule has 2 unspecified atom stereocenters. The summed E-state index contributed by atoms with van der Waals surface area (Å²) in [4.78, 5) is 0. The Labute approximate surface area is 355 Å². The van der Waals surface area contributed by atoms with Gasteiger partial charge in [0, 0.05) is 0 Å². The average Bonchev–Trinajstić information content (AvgIpc) is 3.26. The third-order valence-electron chi connectivity index (χ3n) is 11.1. The van der Waals surface area contributed by atoms with E-state index in [0.717, 1.165) is 11.1 Å². The lowest BCUT2D eigenvalue weighted by Crippen LogP contribution is -2.67. The molecule has 0 saturated carbocycles. The van der Waals surface area contributed by atoms with Gasteiger partial charge < -0.3 is 23.1 Å². The third kappa shape index (κ3) is 11.0. The smallest absolute Gasteiger partial charge is 0.261 e. The van der Waals surface area contributed by atoms with Gasteiger partial charge in [-0.2, -0.15) is 0 Å². The van der Waals surface area contributed by atoms with Gasteiger partial charge in [0.1, 0.15) is 12.2 Å². The summed E-state index contributed by atoms with van der Waals surface area (Å²) in [5, 5.41) is 4.59. The molecule has 59 heavy (non-hydrogen) atoms. The zero-order valence-electron chi connectivity index (χ0n) is 35.8. The van der Waals surface area contributed by atoms with E-state index in [1.807, 2.05) is 36.4 Å². The molecular weight excluding hydrogens is 761 g/mol. The number of hydrogen-bond donors (Lipinski definition) is 0. The van der Waals surface area contributed by atoms with E-state index in [-0.39, 0.29) is 22.3 Å². The molecule has 0 aliphatic heterocycles. The first-order chi connectivity index (χ1) is 28.5. The third-order valence-corrected chi connectivity index (χ3v) is 21.1. The van der Waals surface area contributed by atoms with E-state index in [4.69, 9.17) is 23.1 Å². The SMILES string of the molecule is CC(C)(C)[Si](OCC(COCC(CO[Si](c1ccccc1)(c1ccccc1)C(C)(C)C)OCc1ccccc1)OCc1ccccc1)(c1ccccc1)c1ccccc1. The number of rotatable bonds is 20. The maximum atomic E-state index is 7.39. The highest BCUT2D eigenvalue weighted by Crippen LogP contribution is 2.38. The second-order valence-corrected chi connectivity index (χ2v) is 25.9. The first kappa shape index (κ1) is 44.1. The van der Waals surface area contributed by atoms with Crippen LogP contribution in [0.2, 0.25) is 10.1 Å². The Kier molecular flexibility index (Phi) is 15.5. The molecule has 0 aliphatic carbocycles. The van der Waals surface area contributed by atoms with Crippen molar-refractivity contribution in [3.63, 3.8) is 0 Å². The molecule has 2 atom stereocenters. The molecule has 6 rings (SSSR count). The highest BCUT2D eigenvalue weighted by molar-refractivity contribution is 7.00. The highest BCUT2D eigenvalue weighted by atomic mass is 28.4. The van der Waals surface area contributed by atoms with Crippen molar-refractivity contribution in [3.05, 3.63) is 193 Å². The Morgan fingerprint density at radius 3 is 0.864 bits per heavy atom. The maximum absolute atomic E-state index is 7.39. The summed E-state index contributed by atoms with van der Waals surface area (Å²) in [6, 6.07) is 63.6. The van der Waals surface area contributed by atoms with E-state index in [1.165, 1.54) is 20.7 Å². The maximum Gasteiger partial charge on any atom is 0.261 e. The van der Waals surface area contributed by atoms with E-state index in [9.17, 15) is 0 Å². The van der Waals surface area contributed by atoms with E-state index in [0.29, 0.717) is 39.6 Å². The van der Waals surface area contributed by atoms with Gasteiger partial charge >= 0.3 is 0 Å². The van der Waals surface area contributed by atoms with Crippen LogP contribution in [0, 0.1) is 0 Å². The van der Waals surface area contributed by atoms with Crippen LogP contribution in [0.3, 0.4) is 0 Å². The van der Waals surface area contributed by atoms with Crippen molar-refractivity contribution in [2.75, 3.05) is 26.4 Å². The van der Waals surface area contributed by atoms with E-state index >= 15 is 0 Å². The number of ether oxygens (including phenoxy) is 3. The Morgan fingerprint density at radius 1 is 0.356 bits per heavy atom. The minimum atomic E-state index is -2.82. The molecule has 6 aromatic carbocycles. The van der Waals surface area contributed by atoms with E-state index < -0.39 is 16.6 Å². The fraction of sp³-hybridized carbons (Fsp3) is 0.308. The molecule has 0 aliphatic rings. The predicted octanol–water partition coefficient (Wildman–Crippen LogP) is 9.33. The van der Waals surface area contributed by atoms with Gasteiger partial charge in [0.2, 0.25) is 0 Å². The summed E-state index contributed by atoms with van der Waals surface area (Å²) in [5.41, 5.74) is 2.21. The highest BCUT2D eigenvalue weighted by Gasteiger charge is 2.51. The molecule has 6 aromatic rings. The van der Waals surface area contributed by atoms with Crippen molar-refractivity contribution in [3.8, 4) is 0 Å². The molecule has 0 saturated heterocycles. The monoisotopic (exact) mass is 822 g/mol. The summed E-state index contributed by atoms with van der Waals surface area (Å²) >= 11 is 0. The first-order valence-corrected chi connectivity index (χ1v) is 24.7. The fourth-order valence-electron chi connectivity index (χ4n) is 8.16. The molecule has 308 valence electrons. The van der Waals surface area contributed by atoms with Gasteiger partial charge in [0.25, 0.3) is 16.6 Å². The van der Waals surface area contributed by atoms with Crippen molar-refractivity contribution in [1.29, 1.82) is 0 Å². The molecule has 5 nitrogen and oxygen atoms in total. The minimum Gasteiger partial charge on any atom is -0.405 e. The molecule has 0 amide bonds. The molecule has 0 bridgehead atoms. The lowest BCUT2D eigenvalue weighted by molar-refractivity contribution is -0.0846. The minimum absolute atomic E-state index is 0.171. The van der Waals surface area contributed by atoms with Crippen LogP contribution < -0.4 is 20.7 Å². The molecule has 7 heteroatoms. The van der Waals surface area contributed by atoms with Gasteiger partial charge in [0.05, 0.1) is 39.6 Å². The van der Waals surface area contributed by atoms with Crippen LogP contribution in [-0.4, -0.2) is 55.3 Å². The van der Waals surface area contributed by atoms with Crippen LogP contribution >= 0.6 is 0 Å². The van der Waals surface area contributed by atoms with Gasteiger partial charge in [-0.25, -0.2) is 0 Å². The molecule has 0 spiro atoms. The summed E-state index contributed by atoms with van der Waals surface area (Å²) in [6.45, 7) is 16.1. The normalized spacial score (nSPS) is 13.5. The Bertz CT molecular complexity index is 1840. The topological polar surface area (TPSA) is 46.2 Å². The molecular formula is C52H62O5Si2. The van der Waals surface area contributed by atoms with Crippen LogP contribution in [-0.2, 0) is 36.3 Å². The Morgan fingerprint density at radius 2 is 0.610 bits per heavy atom. The van der Waals surface area contributed by atoms with Crippen molar-refractivity contribution < 1.29 is 23.1 Å². The standard InChI is InChI=1S/C52H62O5Si2/c1-51(2,3)58(47-29-17-9-18-30-47,48-31-19-10-20-32-48)56-41-45(54-37-43-25-13-7-14-26-43)39-53-40-46(55-38-44-27-15-8-16-28-44)42-57-59(52(4,5)6,49-33-21-11-22-34-49)50-35-23-12-24-36-50/h7-36,45-46H,37-42H2,1-6H3. The second-order valence-electron chi connectivity index (χ2n) is 17.3. The fourth-order valence-corrected chi connectivity index (χ4v) is 17.3. The molecule has 0 fully saturated rings. The average molecular weight is 823 g/mol. The lowest BCUT2D eigenvalue weighted by Gasteiger charge is -2.44. The van der Waals surface area contributed by atoms with Crippen molar-refractivity contribution >= 4 is 37.4 Å². The molecule has 0 N–H and O–H groups in total. The second kappa shape index (κ2) is 20.7. The van der Waals surface area contributed by atoms with Crippen LogP contribution in [0.5, 0.6) is 0 Å². The van der Waals surface area contributed by atoms with Crippen LogP contribution in [0.25, 0.3) is 0 Å². The van der Waals surface area contributed by atoms with Gasteiger partial charge in [-0.05, 0) is 42.0 Å². The van der Waals surface area contributed by atoms with Gasteiger partial charge in [-0.15, -0.1) is 0 Å². The summed E-state index contributed by atoms with van der Waals surface area (Å²) in [7, 11) is -5.65. The lowest BCUT2D eigenvalue weighted by atomic mass is 10.2. The molecule has 0 aromatic heterocycles. The number of benzene rings is 6. The Hall–Kier alpha value is -4.45. The van der Waals surface area contributed by atoms with Crippen LogP contribution in [0.1, 0.15) is 52.7 Å². The van der Waals surface area contributed by atoms with Crippen molar-refractivity contribution in [1.82, 2.24) is 0 Å². The zero-order valence-corrected chi connectivity index (χ0v) is 37.8. The molecule has 0 radical (unpaired) electrons. The predicted molar refractivity (Wildman–Crippen MR) is 248 cm³/mol. The Balaban J connectivity index is 1.27. The van der Waals surface area contributed by atoms with Crippen molar-refractivity contribution in [2.24, 2.45) is 0 Å². The van der Waals surface area contributed by atoms with Gasteiger partial charge in [-0.3, -0.25) is 0 Å². The van der Waals surface area contributed by atoms with Crippen molar-refractivity contribution in [2.45, 2.75) is 77.0 Å². The van der Waals surface area contributed by atoms with Crippen LogP contribution in [0.4, 0.5) is 0 Å². The quantitative estimate of drug-likeness (QED) is 0.0719. The summed E-state index contributed by atoms with van der Waals surface area (Å²) in [5.74, 6) is 0. The van der Waals surface area contributed by atoms with Gasteiger partial charge in [-0.1, -0.05) is 224 Å². The summed E-state index contributed by atoms with van der Waals surface area (Å²) < 4.78 is 34.9. The van der Waals surface area contributed by atoms with Gasteiger partial charge in [0.15, 0.2) is 0 Å². The summed E-state index contributed by atoms with van der Waals surface area (Å²) in [6.07, 6.45) is -0.687. The van der Waals surface area contributed by atoms with Crippen LogP contribution in [0.15, 0.2) is 182 Å². The van der Waals surface area contributed by atoms with E-state index in [1.54, 1.807) is 0 Å². The first-order valence-electron chi connectivity index (χ1n) is 20.9.